The van der Waals surface area contributed by atoms with Crippen molar-refractivity contribution in [1.29, 1.82) is 0 Å². The highest BCUT2D eigenvalue weighted by Gasteiger charge is 2.40. The monoisotopic (exact) mass is 286 g/mol. The average Bonchev–Trinajstić information content (AvgIpc) is 3.09. The number of carbonyl (C=O) groups excluding carboxylic acids is 2. The molecule has 0 aliphatic heterocycles. The fraction of sp³-hybridized carbons (Fsp3) is 0.529. The van der Waals surface area contributed by atoms with Gasteiger partial charge < -0.3 is 10.6 Å². The third kappa shape index (κ3) is 3.09. The number of fused-ring (bicyclic) bond motifs is 2. The van der Waals surface area contributed by atoms with E-state index in [2.05, 4.69) is 10.6 Å². The number of carbonyl (C=O) groups is 2. The van der Waals surface area contributed by atoms with Crippen molar-refractivity contribution in [2.75, 3.05) is 12.4 Å². The molecule has 4 nitrogen and oxygen atoms in total. The lowest BCUT2D eigenvalue weighted by Gasteiger charge is -2.20. The molecule has 0 saturated heterocycles. The number of hydrogen-bond donors (Lipinski definition) is 2. The van der Waals surface area contributed by atoms with E-state index < -0.39 is 0 Å². The zero-order valence-corrected chi connectivity index (χ0v) is 12.4. The lowest BCUT2D eigenvalue weighted by molar-refractivity contribution is -0.117. The summed E-state index contributed by atoms with van der Waals surface area (Å²) in [6.45, 7) is 0. The Labute approximate surface area is 125 Å². The summed E-state index contributed by atoms with van der Waals surface area (Å²) in [6, 6.07) is 7.02. The second-order valence-corrected chi connectivity index (χ2v) is 6.34. The molecule has 4 heteroatoms. The molecule has 3 rings (SSSR count). The summed E-state index contributed by atoms with van der Waals surface area (Å²) in [5.41, 5.74) is 1.36. The minimum atomic E-state index is -0.116. The molecule has 2 bridgehead atoms. The van der Waals surface area contributed by atoms with Crippen LogP contribution in [-0.4, -0.2) is 18.9 Å². The summed E-state index contributed by atoms with van der Waals surface area (Å²) in [7, 11) is 1.60. The average molecular weight is 286 g/mol. The SMILES string of the molecule is CNC(=O)c1ccc(NC(=O)C[C@@H]2C[C@H]3CC[C@@H]2C3)cc1. The van der Waals surface area contributed by atoms with Crippen LogP contribution in [0.4, 0.5) is 5.69 Å². The van der Waals surface area contributed by atoms with E-state index in [1.54, 1.807) is 31.3 Å². The predicted molar refractivity (Wildman–Crippen MR) is 82.0 cm³/mol. The molecule has 2 aliphatic carbocycles. The van der Waals surface area contributed by atoms with Crippen LogP contribution in [-0.2, 0) is 4.79 Å². The molecule has 0 aromatic heterocycles. The molecule has 2 aliphatic rings. The Kier molecular flexibility index (Phi) is 3.95. The first-order chi connectivity index (χ1) is 10.2. The van der Waals surface area contributed by atoms with Crippen LogP contribution in [0.2, 0.25) is 0 Å². The van der Waals surface area contributed by atoms with Gasteiger partial charge in [0.1, 0.15) is 0 Å². The Balaban J connectivity index is 1.54. The van der Waals surface area contributed by atoms with Crippen molar-refractivity contribution in [3.63, 3.8) is 0 Å². The van der Waals surface area contributed by atoms with Gasteiger partial charge in [-0.15, -0.1) is 0 Å². The Morgan fingerprint density at radius 1 is 1.14 bits per heavy atom. The predicted octanol–water partition coefficient (Wildman–Crippen LogP) is 2.81. The van der Waals surface area contributed by atoms with E-state index in [0.717, 1.165) is 17.5 Å². The lowest BCUT2D eigenvalue weighted by Crippen LogP contribution is -2.20. The van der Waals surface area contributed by atoms with Crippen LogP contribution < -0.4 is 10.6 Å². The van der Waals surface area contributed by atoms with E-state index in [1.807, 2.05) is 0 Å². The molecule has 1 aromatic carbocycles. The van der Waals surface area contributed by atoms with Crippen molar-refractivity contribution < 1.29 is 9.59 Å². The number of hydrogen-bond acceptors (Lipinski definition) is 2. The minimum absolute atomic E-state index is 0.0974. The van der Waals surface area contributed by atoms with Gasteiger partial charge in [0, 0.05) is 24.7 Å². The second-order valence-electron chi connectivity index (χ2n) is 6.34. The van der Waals surface area contributed by atoms with Gasteiger partial charge in [0.05, 0.1) is 0 Å². The number of anilines is 1. The number of benzene rings is 1. The molecule has 2 fully saturated rings. The van der Waals surface area contributed by atoms with E-state index in [0.29, 0.717) is 17.9 Å². The smallest absolute Gasteiger partial charge is 0.251 e. The molecule has 112 valence electrons. The van der Waals surface area contributed by atoms with Gasteiger partial charge in [-0.05, 0) is 61.3 Å². The Morgan fingerprint density at radius 2 is 1.90 bits per heavy atom. The highest BCUT2D eigenvalue weighted by molar-refractivity contribution is 5.95. The third-order valence-electron chi connectivity index (χ3n) is 4.99. The van der Waals surface area contributed by atoms with E-state index in [-0.39, 0.29) is 11.8 Å². The Morgan fingerprint density at radius 3 is 2.48 bits per heavy atom. The summed E-state index contributed by atoms with van der Waals surface area (Å²) in [5.74, 6) is 2.21. The van der Waals surface area contributed by atoms with Gasteiger partial charge in [0.15, 0.2) is 0 Å². The molecule has 21 heavy (non-hydrogen) atoms. The van der Waals surface area contributed by atoms with E-state index in [4.69, 9.17) is 0 Å². The van der Waals surface area contributed by atoms with Crippen LogP contribution in [0.3, 0.4) is 0 Å². The molecule has 2 amide bonds. The number of amides is 2. The molecule has 0 heterocycles. The first-order valence-corrected chi connectivity index (χ1v) is 7.77. The standard InChI is InChI=1S/C17H22N2O2/c1-18-17(21)12-4-6-15(7-5-12)19-16(20)10-14-9-11-2-3-13(14)8-11/h4-7,11,13-14H,2-3,8-10H2,1H3,(H,18,21)(H,19,20)/t11-,13+,14-/m0/s1. The zero-order chi connectivity index (χ0) is 14.8. The first kappa shape index (κ1) is 14.1. The quantitative estimate of drug-likeness (QED) is 0.894. The Hall–Kier alpha value is -1.84. The van der Waals surface area contributed by atoms with Crippen molar-refractivity contribution in [3.05, 3.63) is 29.8 Å². The zero-order valence-electron chi connectivity index (χ0n) is 12.4. The van der Waals surface area contributed by atoms with Gasteiger partial charge in [-0.25, -0.2) is 0 Å². The largest absolute Gasteiger partial charge is 0.355 e. The summed E-state index contributed by atoms with van der Waals surface area (Å²) >= 11 is 0. The molecular formula is C17H22N2O2. The molecular weight excluding hydrogens is 264 g/mol. The highest BCUT2D eigenvalue weighted by atomic mass is 16.2. The summed E-state index contributed by atoms with van der Waals surface area (Å²) in [6.07, 6.45) is 5.87. The molecule has 1 aromatic rings. The number of rotatable bonds is 4. The van der Waals surface area contributed by atoms with Gasteiger partial charge in [-0.2, -0.15) is 0 Å². The van der Waals surface area contributed by atoms with Crippen molar-refractivity contribution in [1.82, 2.24) is 5.32 Å². The lowest BCUT2D eigenvalue weighted by atomic mass is 9.86. The second kappa shape index (κ2) is 5.88. The molecule has 2 saturated carbocycles. The van der Waals surface area contributed by atoms with Crippen LogP contribution >= 0.6 is 0 Å². The van der Waals surface area contributed by atoms with Gasteiger partial charge in [0.25, 0.3) is 5.91 Å². The summed E-state index contributed by atoms with van der Waals surface area (Å²) < 4.78 is 0. The van der Waals surface area contributed by atoms with Crippen LogP contribution in [0.1, 0.15) is 42.5 Å². The van der Waals surface area contributed by atoms with Gasteiger partial charge in [-0.3, -0.25) is 9.59 Å². The van der Waals surface area contributed by atoms with Crippen molar-refractivity contribution >= 4 is 17.5 Å². The highest BCUT2D eigenvalue weighted by Crippen LogP contribution is 2.49. The molecule has 2 N–H and O–H groups in total. The maximum absolute atomic E-state index is 12.1. The third-order valence-corrected chi connectivity index (χ3v) is 4.99. The van der Waals surface area contributed by atoms with Crippen molar-refractivity contribution in [2.24, 2.45) is 17.8 Å². The molecule has 3 atom stereocenters. The van der Waals surface area contributed by atoms with Gasteiger partial charge in [-0.1, -0.05) is 6.42 Å². The van der Waals surface area contributed by atoms with E-state index >= 15 is 0 Å². The van der Waals surface area contributed by atoms with E-state index in [9.17, 15) is 9.59 Å². The first-order valence-electron chi connectivity index (χ1n) is 7.77. The molecule has 0 unspecified atom stereocenters. The molecule has 0 radical (unpaired) electrons. The van der Waals surface area contributed by atoms with Crippen LogP contribution in [0.5, 0.6) is 0 Å². The van der Waals surface area contributed by atoms with Crippen LogP contribution in [0, 0.1) is 17.8 Å². The van der Waals surface area contributed by atoms with Crippen molar-refractivity contribution in [2.45, 2.75) is 32.1 Å². The van der Waals surface area contributed by atoms with Crippen LogP contribution in [0.25, 0.3) is 0 Å². The summed E-state index contributed by atoms with van der Waals surface area (Å²) in [5, 5.41) is 5.52. The minimum Gasteiger partial charge on any atom is -0.355 e. The summed E-state index contributed by atoms with van der Waals surface area (Å²) in [4.78, 5) is 23.6. The maximum Gasteiger partial charge on any atom is 0.251 e. The molecule has 0 spiro atoms. The Bertz CT molecular complexity index is 538. The van der Waals surface area contributed by atoms with Gasteiger partial charge >= 0.3 is 0 Å². The number of nitrogens with one attached hydrogen (secondary N) is 2. The topological polar surface area (TPSA) is 58.2 Å². The normalized spacial score (nSPS) is 26.6. The fourth-order valence-corrected chi connectivity index (χ4v) is 3.93. The fourth-order valence-electron chi connectivity index (χ4n) is 3.93. The van der Waals surface area contributed by atoms with Crippen molar-refractivity contribution in [3.8, 4) is 0 Å². The van der Waals surface area contributed by atoms with Crippen LogP contribution in [0.15, 0.2) is 24.3 Å². The van der Waals surface area contributed by atoms with Gasteiger partial charge in [0.2, 0.25) is 5.91 Å². The van der Waals surface area contributed by atoms with E-state index in [1.165, 1.54) is 25.7 Å². The maximum atomic E-state index is 12.1.